The average Bonchev–Trinajstić information content (AvgIpc) is 2.57. The molecule has 0 fully saturated rings. The molecule has 0 aromatic heterocycles. The van der Waals surface area contributed by atoms with Crippen LogP contribution >= 0.6 is 0 Å². The number of nitrogens with zero attached hydrogens (tertiary/aromatic N) is 1. The molecule has 1 aromatic rings. The van der Waals surface area contributed by atoms with Gasteiger partial charge in [0.2, 0.25) is 15.9 Å². The highest BCUT2D eigenvalue weighted by atomic mass is 32.2. The Bertz CT molecular complexity index is 672. The Morgan fingerprint density at radius 3 is 2.23 bits per heavy atom. The highest BCUT2D eigenvalue weighted by Gasteiger charge is 2.27. The van der Waals surface area contributed by atoms with Crippen LogP contribution in [0.1, 0.15) is 25.8 Å². The minimum Gasteiger partial charge on any atom is -0.372 e. The molecule has 0 unspecified atom stereocenters. The molecule has 1 aromatic carbocycles. The van der Waals surface area contributed by atoms with Crippen LogP contribution in [0, 0.1) is 0 Å². The lowest BCUT2D eigenvalue weighted by molar-refractivity contribution is -0.174. The lowest BCUT2D eigenvalue weighted by Crippen LogP contribution is -2.30. The standard InChI is InChI=1S/C16H23F3N2O4S/c1-3-21(4-2)26(23,24)14-7-5-13(6-8-14)11-20-15(22)9-10-25-12-16(17,18)19/h5-8H,3-4,9-12H2,1-2H3,(H,20,22). The molecule has 6 nitrogen and oxygen atoms in total. The van der Waals surface area contributed by atoms with E-state index in [4.69, 9.17) is 0 Å². The molecule has 1 N–H and O–H groups in total. The summed E-state index contributed by atoms with van der Waals surface area (Å²) in [5, 5.41) is 2.54. The number of alkyl halides is 3. The highest BCUT2D eigenvalue weighted by Crippen LogP contribution is 2.16. The normalized spacial score (nSPS) is 12.4. The second-order valence-corrected chi connectivity index (χ2v) is 7.37. The molecule has 0 heterocycles. The Morgan fingerprint density at radius 2 is 1.73 bits per heavy atom. The number of hydrogen-bond donors (Lipinski definition) is 1. The first-order valence-corrected chi connectivity index (χ1v) is 9.54. The summed E-state index contributed by atoms with van der Waals surface area (Å²) in [6.07, 6.45) is -4.60. The van der Waals surface area contributed by atoms with Crippen molar-refractivity contribution < 1.29 is 31.1 Å². The van der Waals surface area contributed by atoms with Gasteiger partial charge in [0.1, 0.15) is 6.61 Å². The van der Waals surface area contributed by atoms with Crippen LogP contribution in [0.2, 0.25) is 0 Å². The van der Waals surface area contributed by atoms with E-state index in [1.807, 2.05) is 0 Å². The van der Waals surface area contributed by atoms with Gasteiger partial charge < -0.3 is 10.1 Å². The number of benzene rings is 1. The highest BCUT2D eigenvalue weighted by molar-refractivity contribution is 7.89. The monoisotopic (exact) mass is 396 g/mol. The summed E-state index contributed by atoms with van der Waals surface area (Å²) in [7, 11) is -3.54. The zero-order valence-electron chi connectivity index (χ0n) is 14.7. The predicted molar refractivity (Wildman–Crippen MR) is 89.9 cm³/mol. The fourth-order valence-electron chi connectivity index (χ4n) is 2.13. The maximum atomic E-state index is 12.4. The molecule has 0 aliphatic heterocycles. The first kappa shape index (κ1) is 22.4. The molecular formula is C16H23F3N2O4S. The van der Waals surface area contributed by atoms with Gasteiger partial charge in [-0.05, 0) is 17.7 Å². The average molecular weight is 396 g/mol. The van der Waals surface area contributed by atoms with Crippen LogP contribution in [0.4, 0.5) is 13.2 Å². The van der Waals surface area contributed by atoms with Gasteiger partial charge in [-0.25, -0.2) is 8.42 Å². The fraction of sp³-hybridized carbons (Fsp3) is 0.562. The van der Waals surface area contributed by atoms with E-state index >= 15 is 0 Å². The number of hydrogen-bond acceptors (Lipinski definition) is 4. The third-order valence-electron chi connectivity index (χ3n) is 3.50. The van der Waals surface area contributed by atoms with Crippen molar-refractivity contribution in [3.63, 3.8) is 0 Å². The SMILES string of the molecule is CCN(CC)S(=O)(=O)c1ccc(CNC(=O)CCOCC(F)(F)F)cc1. The number of ether oxygens (including phenoxy) is 1. The Labute approximate surface area is 151 Å². The number of sulfonamides is 1. The summed E-state index contributed by atoms with van der Waals surface area (Å²) in [6.45, 7) is 2.67. The Morgan fingerprint density at radius 1 is 1.15 bits per heavy atom. The van der Waals surface area contributed by atoms with Crippen LogP contribution in [0.3, 0.4) is 0 Å². The molecule has 0 atom stereocenters. The van der Waals surface area contributed by atoms with Crippen molar-refractivity contribution in [2.45, 2.75) is 37.9 Å². The lowest BCUT2D eigenvalue weighted by Gasteiger charge is -2.18. The van der Waals surface area contributed by atoms with Gasteiger partial charge in [0.25, 0.3) is 0 Å². The minimum absolute atomic E-state index is 0.143. The first-order chi connectivity index (χ1) is 12.1. The minimum atomic E-state index is -4.41. The van der Waals surface area contributed by atoms with E-state index < -0.39 is 28.7 Å². The maximum absolute atomic E-state index is 12.4. The summed E-state index contributed by atoms with van der Waals surface area (Å²) in [5.41, 5.74) is 0.674. The Balaban J connectivity index is 2.49. The number of nitrogens with one attached hydrogen (secondary N) is 1. The lowest BCUT2D eigenvalue weighted by atomic mass is 10.2. The zero-order chi connectivity index (χ0) is 19.8. The van der Waals surface area contributed by atoms with Crippen molar-refractivity contribution in [1.82, 2.24) is 9.62 Å². The first-order valence-electron chi connectivity index (χ1n) is 8.10. The van der Waals surface area contributed by atoms with Gasteiger partial charge in [0.05, 0.1) is 11.5 Å². The van der Waals surface area contributed by atoms with Crippen molar-refractivity contribution in [2.24, 2.45) is 0 Å². The second kappa shape index (κ2) is 9.89. The van der Waals surface area contributed by atoms with Gasteiger partial charge in [-0.2, -0.15) is 17.5 Å². The molecular weight excluding hydrogens is 373 g/mol. The molecule has 0 saturated heterocycles. The smallest absolute Gasteiger partial charge is 0.372 e. The summed E-state index contributed by atoms with van der Waals surface area (Å²) in [6, 6.07) is 6.08. The number of carbonyl (C=O) groups is 1. The third-order valence-corrected chi connectivity index (χ3v) is 5.56. The molecule has 0 bridgehead atoms. The quantitative estimate of drug-likeness (QED) is 0.616. The molecule has 0 spiro atoms. The molecule has 10 heteroatoms. The molecule has 1 amide bonds. The predicted octanol–water partition coefficient (Wildman–Crippen LogP) is 2.30. The van der Waals surface area contributed by atoms with E-state index in [9.17, 15) is 26.4 Å². The van der Waals surface area contributed by atoms with Gasteiger partial charge in [0.15, 0.2) is 0 Å². The molecule has 0 aliphatic carbocycles. The van der Waals surface area contributed by atoms with Crippen molar-refractivity contribution in [1.29, 1.82) is 0 Å². The van der Waals surface area contributed by atoms with Gasteiger partial charge in [0, 0.05) is 26.1 Å². The topological polar surface area (TPSA) is 75.7 Å². The van der Waals surface area contributed by atoms with E-state index in [-0.39, 0.29) is 24.5 Å². The second-order valence-electron chi connectivity index (χ2n) is 5.43. The number of amides is 1. The fourth-order valence-corrected chi connectivity index (χ4v) is 3.59. The largest absolute Gasteiger partial charge is 0.411 e. The van der Waals surface area contributed by atoms with Crippen molar-refractivity contribution in [3.05, 3.63) is 29.8 Å². The summed E-state index contributed by atoms with van der Waals surface area (Å²) in [5.74, 6) is -0.452. The van der Waals surface area contributed by atoms with E-state index in [2.05, 4.69) is 10.1 Å². The molecule has 1 rings (SSSR count). The van der Waals surface area contributed by atoms with Crippen molar-refractivity contribution in [2.75, 3.05) is 26.3 Å². The summed E-state index contributed by atoms with van der Waals surface area (Å²) >= 11 is 0. The molecule has 26 heavy (non-hydrogen) atoms. The number of carbonyl (C=O) groups excluding carboxylic acids is 1. The Kier molecular flexibility index (Phi) is 8.51. The van der Waals surface area contributed by atoms with Crippen LogP contribution in [-0.4, -0.2) is 51.1 Å². The summed E-state index contributed by atoms with van der Waals surface area (Å²) < 4.78 is 66.1. The van der Waals surface area contributed by atoms with Gasteiger partial charge in [-0.3, -0.25) is 4.79 Å². The van der Waals surface area contributed by atoms with Crippen LogP contribution in [0.15, 0.2) is 29.2 Å². The Hall–Kier alpha value is -1.65. The van der Waals surface area contributed by atoms with E-state index in [1.165, 1.54) is 16.4 Å². The van der Waals surface area contributed by atoms with E-state index in [0.29, 0.717) is 18.7 Å². The van der Waals surface area contributed by atoms with Gasteiger partial charge >= 0.3 is 6.18 Å². The van der Waals surface area contributed by atoms with E-state index in [0.717, 1.165) is 0 Å². The number of rotatable bonds is 10. The molecule has 0 aliphatic rings. The van der Waals surface area contributed by atoms with Gasteiger partial charge in [-0.1, -0.05) is 26.0 Å². The zero-order valence-corrected chi connectivity index (χ0v) is 15.5. The van der Waals surface area contributed by atoms with Crippen LogP contribution in [0.25, 0.3) is 0 Å². The van der Waals surface area contributed by atoms with Crippen molar-refractivity contribution in [3.8, 4) is 0 Å². The van der Waals surface area contributed by atoms with E-state index in [1.54, 1.807) is 26.0 Å². The molecule has 0 radical (unpaired) electrons. The maximum Gasteiger partial charge on any atom is 0.411 e. The van der Waals surface area contributed by atoms with Crippen LogP contribution in [0.5, 0.6) is 0 Å². The van der Waals surface area contributed by atoms with Gasteiger partial charge in [-0.15, -0.1) is 0 Å². The molecule has 148 valence electrons. The summed E-state index contributed by atoms with van der Waals surface area (Å²) in [4.78, 5) is 11.7. The van der Waals surface area contributed by atoms with Crippen molar-refractivity contribution >= 4 is 15.9 Å². The number of halogens is 3. The van der Waals surface area contributed by atoms with Crippen LogP contribution in [-0.2, 0) is 26.1 Å². The van der Waals surface area contributed by atoms with Crippen LogP contribution < -0.4 is 5.32 Å². The molecule has 0 saturated carbocycles. The third kappa shape index (κ3) is 7.30.